The molecule has 3 nitrogen and oxygen atoms in total. The topological polar surface area (TPSA) is 30.7 Å². The van der Waals surface area contributed by atoms with Crippen molar-refractivity contribution in [3.63, 3.8) is 0 Å². The molecule has 0 radical (unpaired) electrons. The highest BCUT2D eigenvalue weighted by molar-refractivity contribution is 7.09. The molecule has 0 aliphatic carbocycles. The fraction of sp³-hybridized carbons (Fsp3) is 0.400. The van der Waals surface area contributed by atoms with E-state index in [0.29, 0.717) is 0 Å². The molecule has 0 saturated heterocycles. The van der Waals surface area contributed by atoms with E-state index < -0.39 is 0 Å². The van der Waals surface area contributed by atoms with Crippen LogP contribution >= 0.6 is 11.3 Å². The summed E-state index contributed by atoms with van der Waals surface area (Å²) in [6, 6.07) is 2.03. The molecule has 2 rings (SSSR count). The van der Waals surface area contributed by atoms with E-state index in [1.807, 2.05) is 22.5 Å². The Morgan fingerprint density at radius 2 is 2.29 bits per heavy atom. The lowest BCUT2D eigenvalue weighted by atomic mass is 10.3. The maximum absolute atomic E-state index is 4.25. The molecular weight excluding hydrogens is 194 g/mol. The molecule has 0 saturated carbocycles. The van der Waals surface area contributed by atoms with Crippen LogP contribution in [0.4, 0.5) is 0 Å². The predicted molar refractivity (Wildman–Crippen MR) is 57.5 cm³/mol. The van der Waals surface area contributed by atoms with Crippen molar-refractivity contribution in [3.05, 3.63) is 34.0 Å². The molecule has 0 atom stereocenters. The molecule has 2 heterocycles. The Morgan fingerprint density at radius 3 is 2.86 bits per heavy atom. The average molecular weight is 207 g/mol. The van der Waals surface area contributed by atoms with E-state index >= 15 is 0 Å². The van der Waals surface area contributed by atoms with Gasteiger partial charge in [0.2, 0.25) is 0 Å². The Bertz CT molecular complexity index is 376. The average Bonchev–Trinajstić information content (AvgIpc) is 2.72. The number of aromatic nitrogens is 3. The molecule has 0 aliphatic rings. The number of hydrogen-bond acceptors (Lipinski definition) is 3. The fourth-order valence-corrected chi connectivity index (χ4v) is 2.18. The van der Waals surface area contributed by atoms with E-state index in [9.17, 15) is 0 Å². The number of aryl methyl sites for hydroxylation is 4. The lowest BCUT2D eigenvalue weighted by molar-refractivity contribution is 0.600. The van der Waals surface area contributed by atoms with Gasteiger partial charge in [0.1, 0.15) is 0 Å². The summed E-state index contributed by atoms with van der Waals surface area (Å²) in [6.45, 7) is 5.08. The van der Waals surface area contributed by atoms with Crippen molar-refractivity contribution >= 4 is 11.3 Å². The standard InChI is InChI=1S/C10H13N3S/c1-8-3-5-12-13(8)6-4-10-9(2)11-7-14-10/h3,5,7H,4,6H2,1-2H3. The van der Waals surface area contributed by atoms with Crippen LogP contribution < -0.4 is 0 Å². The minimum atomic E-state index is 0.946. The Hall–Kier alpha value is -1.16. The van der Waals surface area contributed by atoms with E-state index in [0.717, 1.165) is 18.7 Å². The van der Waals surface area contributed by atoms with Crippen LogP contribution in [-0.2, 0) is 13.0 Å². The highest BCUT2D eigenvalue weighted by atomic mass is 32.1. The first-order chi connectivity index (χ1) is 6.77. The molecule has 0 aliphatic heterocycles. The molecule has 0 unspecified atom stereocenters. The minimum Gasteiger partial charge on any atom is -0.270 e. The molecule has 0 spiro atoms. The van der Waals surface area contributed by atoms with Crippen LogP contribution in [0.25, 0.3) is 0 Å². The van der Waals surface area contributed by atoms with Gasteiger partial charge < -0.3 is 0 Å². The Balaban J connectivity index is 2.02. The van der Waals surface area contributed by atoms with E-state index in [1.165, 1.54) is 10.6 Å². The van der Waals surface area contributed by atoms with Crippen molar-refractivity contribution in [2.75, 3.05) is 0 Å². The maximum Gasteiger partial charge on any atom is 0.0797 e. The normalized spacial score (nSPS) is 10.7. The first-order valence-corrected chi connectivity index (χ1v) is 5.52. The van der Waals surface area contributed by atoms with Gasteiger partial charge in [0.15, 0.2) is 0 Å². The molecule has 4 heteroatoms. The van der Waals surface area contributed by atoms with Gasteiger partial charge in [0.25, 0.3) is 0 Å². The smallest absolute Gasteiger partial charge is 0.0797 e. The molecule has 0 N–H and O–H groups in total. The molecular formula is C10H13N3S. The summed E-state index contributed by atoms with van der Waals surface area (Å²) >= 11 is 1.73. The lowest BCUT2D eigenvalue weighted by Gasteiger charge is -2.02. The zero-order valence-electron chi connectivity index (χ0n) is 8.40. The summed E-state index contributed by atoms with van der Waals surface area (Å²) < 4.78 is 2.03. The van der Waals surface area contributed by atoms with Crippen LogP contribution in [0.3, 0.4) is 0 Å². The van der Waals surface area contributed by atoms with Gasteiger partial charge in [-0.3, -0.25) is 4.68 Å². The Labute approximate surface area is 87.4 Å². The maximum atomic E-state index is 4.25. The third-order valence-electron chi connectivity index (χ3n) is 2.32. The molecule has 0 bridgehead atoms. The van der Waals surface area contributed by atoms with Gasteiger partial charge in [0.05, 0.1) is 11.2 Å². The molecule has 0 aromatic carbocycles. The number of nitrogens with zero attached hydrogens (tertiary/aromatic N) is 3. The van der Waals surface area contributed by atoms with E-state index in [2.05, 4.69) is 23.9 Å². The van der Waals surface area contributed by atoms with E-state index in [-0.39, 0.29) is 0 Å². The third kappa shape index (κ3) is 1.85. The van der Waals surface area contributed by atoms with Gasteiger partial charge in [-0.1, -0.05) is 0 Å². The first kappa shape index (κ1) is 9.40. The van der Waals surface area contributed by atoms with Crippen LogP contribution in [0.15, 0.2) is 17.8 Å². The van der Waals surface area contributed by atoms with Crippen LogP contribution in [0.1, 0.15) is 16.3 Å². The molecule has 0 amide bonds. The summed E-state index contributed by atoms with van der Waals surface area (Å²) in [5.74, 6) is 0. The lowest BCUT2D eigenvalue weighted by Crippen LogP contribution is -2.04. The van der Waals surface area contributed by atoms with Gasteiger partial charge in [-0.2, -0.15) is 5.10 Å². The molecule has 74 valence electrons. The first-order valence-electron chi connectivity index (χ1n) is 4.65. The van der Waals surface area contributed by atoms with Gasteiger partial charge in [-0.15, -0.1) is 11.3 Å². The molecule has 14 heavy (non-hydrogen) atoms. The Kier molecular flexibility index (Phi) is 2.63. The van der Waals surface area contributed by atoms with Crippen molar-refractivity contribution < 1.29 is 0 Å². The summed E-state index contributed by atoms with van der Waals surface area (Å²) in [5.41, 5.74) is 4.27. The number of hydrogen-bond donors (Lipinski definition) is 0. The summed E-state index contributed by atoms with van der Waals surface area (Å²) in [6.07, 6.45) is 2.87. The summed E-state index contributed by atoms with van der Waals surface area (Å²) in [7, 11) is 0. The van der Waals surface area contributed by atoms with E-state index in [1.54, 1.807) is 11.3 Å². The second kappa shape index (κ2) is 3.92. The highest BCUT2D eigenvalue weighted by Crippen LogP contribution is 2.13. The fourth-order valence-electron chi connectivity index (χ4n) is 1.41. The van der Waals surface area contributed by atoms with Gasteiger partial charge in [-0.05, 0) is 19.9 Å². The van der Waals surface area contributed by atoms with Crippen molar-refractivity contribution in [2.24, 2.45) is 0 Å². The second-order valence-electron chi connectivity index (χ2n) is 3.31. The van der Waals surface area contributed by atoms with Gasteiger partial charge in [-0.25, -0.2) is 4.98 Å². The zero-order chi connectivity index (χ0) is 9.97. The quantitative estimate of drug-likeness (QED) is 0.772. The predicted octanol–water partition coefficient (Wildman–Crippen LogP) is 2.20. The monoisotopic (exact) mass is 207 g/mol. The molecule has 2 aromatic rings. The molecule has 0 fully saturated rings. The van der Waals surface area contributed by atoms with Crippen molar-refractivity contribution in [3.8, 4) is 0 Å². The highest BCUT2D eigenvalue weighted by Gasteiger charge is 2.02. The van der Waals surface area contributed by atoms with E-state index in [4.69, 9.17) is 0 Å². The van der Waals surface area contributed by atoms with Crippen molar-refractivity contribution in [1.29, 1.82) is 0 Å². The van der Waals surface area contributed by atoms with Crippen LogP contribution in [0, 0.1) is 13.8 Å². The summed E-state index contributed by atoms with van der Waals surface area (Å²) in [5, 5.41) is 4.25. The van der Waals surface area contributed by atoms with Gasteiger partial charge in [0, 0.05) is 29.7 Å². The number of thiazole rings is 1. The molecule has 2 aromatic heterocycles. The summed E-state index contributed by atoms with van der Waals surface area (Å²) in [4.78, 5) is 5.59. The Morgan fingerprint density at radius 1 is 1.43 bits per heavy atom. The van der Waals surface area contributed by atoms with Crippen molar-refractivity contribution in [1.82, 2.24) is 14.8 Å². The largest absolute Gasteiger partial charge is 0.270 e. The van der Waals surface area contributed by atoms with Crippen LogP contribution in [-0.4, -0.2) is 14.8 Å². The third-order valence-corrected chi connectivity index (χ3v) is 3.32. The van der Waals surface area contributed by atoms with Crippen LogP contribution in [0.2, 0.25) is 0 Å². The van der Waals surface area contributed by atoms with Crippen LogP contribution in [0.5, 0.6) is 0 Å². The zero-order valence-corrected chi connectivity index (χ0v) is 9.21. The van der Waals surface area contributed by atoms with Gasteiger partial charge >= 0.3 is 0 Å². The number of rotatable bonds is 3. The second-order valence-corrected chi connectivity index (χ2v) is 4.25. The van der Waals surface area contributed by atoms with Crippen molar-refractivity contribution in [2.45, 2.75) is 26.8 Å². The minimum absolute atomic E-state index is 0.946. The SMILES string of the molecule is Cc1ncsc1CCn1nccc1C.